The summed E-state index contributed by atoms with van der Waals surface area (Å²) in [6.45, 7) is 3.45. The largest absolute Gasteiger partial charge is 0.361 e. The molecule has 0 radical (unpaired) electrons. The fraction of sp³-hybridized carbons (Fsp3) is 0.240. The van der Waals surface area contributed by atoms with Crippen molar-refractivity contribution < 1.29 is 4.79 Å². The Morgan fingerprint density at radius 2 is 1.97 bits per heavy atom. The second kappa shape index (κ2) is 8.09. The Labute approximate surface area is 180 Å². The number of anilines is 1. The van der Waals surface area contributed by atoms with Crippen molar-refractivity contribution in [3.8, 4) is 0 Å². The van der Waals surface area contributed by atoms with E-state index < -0.39 is 0 Å². The van der Waals surface area contributed by atoms with Crippen molar-refractivity contribution >= 4 is 33.8 Å². The number of carbonyl (C=O) groups is 1. The molecule has 5 rings (SSSR count). The van der Waals surface area contributed by atoms with Gasteiger partial charge in [-0.25, -0.2) is 0 Å². The molecule has 4 nitrogen and oxygen atoms in total. The quantitative estimate of drug-likeness (QED) is 0.469. The van der Waals surface area contributed by atoms with Crippen molar-refractivity contribution in [3.63, 3.8) is 0 Å². The molecule has 0 saturated carbocycles. The van der Waals surface area contributed by atoms with Crippen LogP contribution >= 0.6 is 11.3 Å². The maximum absolute atomic E-state index is 13.2. The maximum atomic E-state index is 13.2. The summed E-state index contributed by atoms with van der Waals surface area (Å²) < 4.78 is 0. The Morgan fingerprint density at radius 1 is 1.13 bits per heavy atom. The Bertz CT molecular complexity index is 1160. The van der Waals surface area contributed by atoms with E-state index in [1.807, 2.05) is 30.0 Å². The number of amides is 1. The van der Waals surface area contributed by atoms with Gasteiger partial charge in [0.2, 0.25) is 5.91 Å². The van der Waals surface area contributed by atoms with E-state index in [1.54, 1.807) is 11.3 Å². The average molecular weight is 416 g/mol. The van der Waals surface area contributed by atoms with Crippen LogP contribution in [0.4, 0.5) is 5.69 Å². The molecule has 0 unspecified atom stereocenters. The maximum Gasteiger partial charge on any atom is 0.243 e. The molecule has 4 aromatic rings. The molecule has 30 heavy (non-hydrogen) atoms. The van der Waals surface area contributed by atoms with Crippen LogP contribution in [0.1, 0.15) is 28.8 Å². The summed E-state index contributed by atoms with van der Waals surface area (Å²) in [5, 5.41) is 6.89. The summed E-state index contributed by atoms with van der Waals surface area (Å²) >= 11 is 1.76. The first-order valence-corrected chi connectivity index (χ1v) is 11.3. The second-order valence-corrected chi connectivity index (χ2v) is 8.84. The van der Waals surface area contributed by atoms with Crippen molar-refractivity contribution in [2.24, 2.45) is 0 Å². The fourth-order valence-corrected chi connectivity index (χ4v) is 5.26. The predicted octanol–water partition coefficient (Wildman–Crippen LogP) is 4.93. The first kappa shape index (κ1) is 19.1. The van der Waals surface area contributed by atoms with Crippen molar-refractivity contribution in [2.45, 2.75) is 25.3 Å². The van der Waals surface area contributed by atoms with Crippen LogP contribution in [0, 0.1) is 0 Å². The highest BCUT2D eigenvalue weighted by Gasteiger charge is 2.28. The van der Waals surface area contributed by atoms with E-state index in [0.717, 1.165) is 24.2 Å². The number of H-pyrrole nitrogens is 1. The molecule has 5 heteroatoms. The Kier molecular flexibility index (Phi) is 5.15. The SMILES string of the molecule is C[C@@H](NC[C@@H](c1cccs1)c1c[nH]c2ccccc12)C(=O)N1CCc2ccccc21. The lowest BCUT2D eigenvalue weighted by Crippen LogP contribution is -2.45. The number of benzene rings is 2. The molecular formula is C25H25N3OS. The number of carbonyl (C=O) groups excluding carboxylic acids is 1. The first-order valence-electron chi connectivity index (χ1n) is 10.4. The van der Waals surface area contributed by atoms with Gasteiger partial charge in [-0.1, -0.05) is 42.5 Å². The lowest BCUT2D eigenvalue weighted by molar-refractivity contribution is -0.120. The van der Waals surface area contributed by atoms with Crippen LogP contribution < -0.4 is 10.2 Å². The van der Waals surface area contributed by atoms with E-state index in [1.165, 1.54) is 21.4 Å². The zero-order chi connectivity index (χ0) is 20.5. The zero-order valence-electron chi connectivity index (χ0n) is 17.0. The van der Waals surface area contributed by atoms with Crippen LogP contribution in [0.25, 0.3) is 10.9 Å². The summed E-state index contributed by atoms with van der Waals surface area (Å²) in [6.07, 6.45) is 3.04. The van der Waals surface area contributed by atoms with Gasteiger partial charge in [-0.05, 0) is 48.1 Å². The van der Waals surface area contributed by atoms with E-state index in [9.17, 15) is 4.79 Å². The molecule has 0 bridgehead atoms. The minimum atomic E-state index is -0.246. The summed E-state index contributed by atoms with van der Waals surface area (Å²) in [7, 11) is 0. The number of nitrogens with zero attached hydrogens (tertiary/aromatic N) is 1. The summed E-state index contributed by atoms with van der Waals surface area (Å²) in [4.78, 5) is 19.8. The van der Waals surface area contributed by atoms with E-state index in [0.29, 0.717) is 6.54 Å². The van der Waals surface area contributed by atoms with Gasteiger partial charge in [0.05, 0.1) is 6.04 Å². The molecular weight excluding hydrogens is 390 g/mol. The molecule has 2 N–H and O–H groups in total. The normalized spacial score (nSPS) is 15.3. The number of aromatic amines is 1. The summed E-state index contributed by atoms with van der Waals surface area (Å²) in [5.74, 6) is 0.339. The highest BCUT2D eigenvalue weighted by atomic mass is 32.1. The number of nitrogens with one attached hydrogen (secondary N) is 2. The number of aromatic nitrogens is 1. The second-order valence-electron chi connectivity index (χ2n) is 7.86. The van der Waals surface area contributed by atoms with E-state index >= 15 is 0 Å². The zero-order valence-corrected chi connectivity index (χ0v) is 17.8. The molecule has 1 aliphatic rings. The lowest BCUT2D eigenvalue weighted by atomic mass is 9.96. The number of fused-ring (bicyclic) bond motifs is 2. The van der Waals surface area contributed by atoms with Gasteiger partial charge in [0, 0.05) is 46.7 Å². The standard InChI is InChI=1S/C25H25N3OS/c1-17(25(29)28-13-12-18-7-2-5-10-23(18)28)26-16-21(24-11-6-14-30-24)20-15-27-22-9-4-3-8-19(20)22/h2-11,14-15,17,21,26-27H,12-13,16H2,1H3/t17-,21-/m1/s1. The van der Waals surface area contributed by atoms with Gasteiger partial charge in [0.15, 0.2) is 0 Å². The van der Waals surface area contributed by atoms with Gasteiger partial charge in [0.1, 0.15) is 0 Å². The average Bonchev–Trinajstić information content (AvgIpc) is 3.53. The smallest absolute Gasteiger partial charge is 0.243 e. The fourth-order valence-electron chi connectivity index (χ4n) is 4.42. The van der Waals surface area contributed by atoms with Crippen LogP contribution in [-0.4, -0.2) is 30.0 Å². The minimum absolute atomic E-state index is 0.142. The summed E-state index contributed by atoms with van der Waals surface area (Å²) in [6, 6.07) is 20.6. The van der Waals surface area contributed by atoms with Gasteiger partial charge >= 0.3 is 0 Å². The number of hydrogen-bond acceptors (Lipinski definition) is 3. The number of rotatable bonds is 6. The molecule has 3 heterocycles. The van der Waals surface area contributed by atoms with Crippen LogP contribution in [0.15, 0.2) is 72.2 Å². The number of thiophene rings is 1. The molecule has 2 atom stereocenters. The van der Waals surface area contributed by atoms with Crippen LogP contribution in [0.5, 0.6) is 0 Å². The Balaban J connectivity index is 1.36. The Morgan fingerprint density at radius 3 is 2.83 bits per heavy atom. The highest BCUT2D eigenvalue weighted by Crippen LogP contribution is 2.33. The third-order valence-electron chi connectivity index (χ3n) is 6.04. The first-order chi connectivity index (χ1) is 14.7. The molecule has 152 valence electrons. The van der Waals surface area contributed by atoms with Crippen molar-refractivity contribution in [1.29, 1.82) is 0 Å². The molecule has 0 fully saturated rings. The molecule has 0 aliphatic carbocycles. The van der Waals surface area contributed by atoms with Crippen LogP contribution in [0.2, 0.25) is 0 Å². The molecule has 0 saturated heterocycles. The Hall–Kier alpha value is -2.89. The number of para-hydroxylation sites is 2. The van der Waals surface area contributed by atoms with Crippen LogP contribution in [-0.2, 0) is 11.2 Å². The van der Waals surface area contributed by atoms with Crippen molar-refractivity contribution in [1.82, 2.24) is 10.3 Å². The molecule has 2 aromatic carbocycles. The number of hydrogen-bond donors (Lipinski definition) is 2. The van der Waals surface area contributed by atoms with Gasteiger partial charge in [-0.15, -0.1) is 11.3 Å². The molecule has 1 aliphatic heterocycles. The molecule has 0 spiro atoms. The third-order valence-corrected chi connectivity index (χ3v) is 7.02. The summed E-state index contributed by atoms with van der Waals surface area (Å²) in [5.41, 5.74) is 4.73. The van der Waals surface area contributed by atoms with Crippen LogP contribution in [0.3, 0.4) is 0 Å². The minimum Gasteiger partial charge on any atom is -0.361 e. The van der Waals surface area contributed by atoms with Crippen molar-refractivity contribution in [3.05, 3.63) is 88.2 Å². The third kappa shape index (κ3) is 3.44. The molecule has 1 amide bonds. The topological polar surface area (TPSA) is 48.1 Å². The van der Waals surface area contributed by atoms with E-state index in [-0.39, 0.29) is 17.9 Å². The lowest BCUT2D eigenvalue weighted by Gasteiger charge is -2.24. The monoisotopic (exact) mass is 415 g/mol. The highest BCUT2D eigenvalue weighted by molar-refractivity contribution is 7.10. The van der Waals surface area contributed by atoms with E-state index in [2.05, 4.69) is 64.3 Å². The van der Waals surface area contributed by atoms with Crippen molar-refractivity contribution in [2.75, 3.05) is 18.0 Å². The van der Waals surface area contributed by atoms with Gasteiger partial charge in [0.25, 0.3) is 0 Å². The predicted molar refractivity (Wildman–Crippen MR) is 124 cm³/mol. The van der Waals surface area contributed by atoms with Gasteiger partial charge in [-0.2, -0.15) is 0 Å². The van der Waals surface area contributed by atoms with Gasteiger partial charge < -0.3 is 15.2 Å². The van der Waals surface area contributed by atoms with Gasteiger partial charge in [-0.3, -0.25) is 4.79 Å². The van der Waals surface area contributed by atoms with E-state index in [4.69, 9.17) is 0 Å². The molecule has 2 aromatic heterocycles.